The lowest BCUT2D eigenvalue weighted by Gasteiger charge is -2.08. The van der Waals surface area contributed by atoms with Crippen molar-refractivity contribution in [3.63, 3.8) is 0 Å². The van der Waals surface area contributed by atoms with Crippen molar-refractivity contribution in [1.82, 2.24) is 15.0 Å². The molecule has 0 amide bonds. The highest BCUT2D eigenvalue weighted by Crippen LogP contribution is 2.33. The summed E-state index contributed by atoms with van der Waals surface area (Å²) in [5.74, 6) is 0.257. The molecule has 0 radical (unpaired) electrons. The predicted molar refractivity (Wildman–Crippen MR) is 111 cm³/mol. The second-order valence-corrected chi connectivity index (χ2v) is 6.68. The molecule has 0 bridgehead atoms. The number of pyridine rings is 1. The molecule has 3 aromatic heterocycles. The van der Waals surface area contributed by atoms with E-state index in [1.165, 1.54) is 6.20 Å². The van der Waals surface area contributed by atoms with Crippen LogP contribution in [-0.4, -0.2) is 27.7 Å². The van der Waals surface area contributed by atoms with E-state index in [1.807, 2.05) is 42.6 Å². The number of hydrogen-bond donors (Lipinski definition) is 3. The van der Waals surface area contributed by atoms with Gasteiger partial charge >= 0.3 is 6.16 Å². The lowest BCUT2D eigenvalue weighted by Crippen LogP contribution is -2.10. The highest BCUT2D eigenvalue weighted by atomic mass is 16.7. The van der Waals surface area contributed by atoms with Gasteiger partial charge in [-0.1, -0.05) is 12.1 Å². The minimum atomic E-state index is -0.809. The first kappa shape index (κ1) is 17.1. The number of benzene rings is 2. The highest BCUT2D eigenvalue weighted by molar-refractivity contribution is 6.09. The zero-order valence-electron chi connectivity index (χ0n) is 15.5. The topological polar surface area (TPSA) is 100.0 Å². The lowest BCUT2D eigenvalue weighted by molar-refractivity contribution is 0.105. The molecule has 0 atom stereocenters. The smallest absolute Gasteiger partial charge is 0.434 e. The predicted octanol–water partition coefficient (Wildman–Crippen LogP) is 4.69. The van der Waals surface area contributed by atoms with Crippen LogP contribution in [0.5, 0.6) is 5.75 Å². The molecule has 2 aromatic carbocycles. The number of H-pyrrole nitrogens is 3. The number of rotatable bonds is 3. The Bertz CT molecular complexity index is 1440. The van der Waals surface area contributed by atoms with Crippen LogP contribution < -0.4 is 10.3 Å². The Morgan fingerprint density at radius 2 is 1.79 bits per heavy atom. The fourth-order valence-electron chi connectivity index (χ4n) is 3.63. The van der Waals surface area contributed by atoms with Gasteiger partial charge in [-0.15, -0.1) is 0 Å². The summed E-state index contributed by atoms with van der Waals surface area (Å²) >= 11 is 0. The average Bonchev–Trinajstić information content (AvgIpc) is 3.35. The van der Waals surface area contributed by atoms with Crippen LogP contribution in [0.1, 0.15) is 6.92 Å². The molecule has 0 aliphatic rings. The first-order valence-electron chi connectivity index (χ1n) is 9.23. The highest BCUT2D eigenvalue weighted by Gasteiger charge is 2.16. The SMILES string of the molecule is CCOC(=O)Oc1c[nH]c2c(=O)[nH]c3ccc(-c4ccc5[nH]ccc5c4)cc3c12. The zero-order chi connectivity index (χ0) is 20.0. The van der Waals surface area contributed by atoms with Gasteiger partial charge < -0.3 is 24.4 Å². The van der Waals surface area contributed by atoms with Crippen LogP contribution in [0.15, 0.2) is 59.7 Å². The third kappa shape index (κ3) is 2.84. The summed E-state index contributed by atoms with van der Waals surface area (Å²) in [6.45, 7) is 1.90. The molecule has 0 aliphatic carbocycles. The Balaban J connectivity index is 1.71. The van der Waals surface area contributed by atoms with Crippen molar-refractivity contribution >= 4 is 38.9 Å². The Morgan fingerprint density at radius 3 is 2.62 bits per heavy atom. The molecule has 7 heteroatoms. The Labute approximate surface area is 164 Å². The maximum atomic E-state index is 12.4. The molecule has 0 saturated heterocycles. The fourth-order valence-corrected chi connectivity index (χ4v) is 3.63. The molecule has 3 heterocycles. The van der Waals surface area contributed by atoms with Gasteiger partial charge in [-0.3, -0.25) is 4.79 Å². The van der Waals surface area contributed by atoms with Crippen LogP contribution in [0.25, 0.3) is 43.8 Å². The van der Waals surface area contributed by atoms with Crippen molar-refractivity contribution in [2.45, 2.75) is 6.92 Å². The van der Waals surface area contributed by atoms with Gasteiger partial charge in [0.2, 0.25) is 0 Å². The van der Waals surface area contributed by atoms with Gasteiger partial charge in [0.05, 0.1) is 12.0 Å². The van der Waals surface area contributed by atoms with Gasteiger partial charge in [0.25, 0.3) is 5.56 Å². The summed E-state index contributed by atoms with van der Waals surface area (Å²) in [5, 5.41) is 2.43. The molecule has 5 aromatic rings. The van der Waals surface area contributed by atoms with Crippen LogP contribution in [0, 0.1) is 0 Å². The number of ether oxygens (including phenoxy) is 2. The average molecular weight is 387 g/mol. The molecule has 7 nitrogen and oxygen atoms in total. The van der Waals surface area contributed by atoms with Crippen molar-refractivity contribution < 1.29 is 14.3 Å². The first-order chi connectivity index (χ1) is 14.1. The molecular formula is C22H17N3O4. The summed E-state index contributed by atoms with van der Waals surface area (Å²) in [4.78, 5) is 33.2. The fraction of sp³-hybridized carbons (Fsp3) is 0.0909. The monoisotopic (exact) mass is 387 g/mol. The number of fused-ring (bicyclic) bond motifs is 4. The van der Waals surface area contributed by atoms with Gasteiger partial charge in [0.1, 0.15) is 5.52 Å². The van der Waals surface area contributed by atoms with Crippen LogP contribution in [-0.2, 0) is 4.74 Å². The zero-order valence-corrected chi connectivity index (χ0v) is 15.5. The van der Waals surface area contributed by atoms with Crippen molar-refractivity contribution in [3.8, 4) is 16.9 Å². The summed E-state index contributed by atoms with van der Waals surface area (Å²) < 4.78 is 10.2. The molecule has 0 fully saturated rings. The van der Waals surface area contributed by atoms with Gasteiger partial charge in [0.15, 0.2) is 5.75 Å². The number of nitrogens with one attached hydrogen (secondary N) is 3. The van der Waals surface area contributed by atoms with E-state index in [2.05, 4.69) is 21.0 Å². The maximum Gasteiger partial charge on any atom is 0.513 e. The Kier molecular flexibility index (Phi) is 3.87. The molecular weight excluding hydrogens is 370 g/mol. The molecule has 0 unspecified atom stereocenters. The number of aromatic nitrogens is 3. The van der Waals surface area contributed by atoms with Crippen LogP contribution in [0.3, 0.4) is 0 Å². The van der Waals surface area contributed by atoms with E-state index >= 15 is 0 Å². The molecule has 0 spiro atoms. The summed E-state index contributed by atoms with van der Waals surface area (Å²) in [7, 11) is 0. The molecule has 3 N–H and O–H groups in total. The van der Waals surface area contributed by atoms with E-state index < -0.39 is 6.16 Å². The summed E-state index contributed by atoms with van der Waals surface area (Å²) in [5.41, 5.74) is 3.81. The van der Waals surface area contributed by atoms with E-state index in [1.54, 1.807) is 6.92 Å². The second-order valence-electron chi connectivity index (χ2n) is 6.68. The van der Waals surface area contributed by atoms with E-state index in [4.69, 9.17) is 9.47 Å². The van der Waals surface area contributed by atoms with E-state index in [0.29, 0.717) is 16.4 Å². The van der Waals surface area contributed by atoms with Crippen LogP contribution >= 0.6 is 0 Å². The quantitative estimate of drug-likeness (QED) is 0.391. The standard InChI is InChI=1S/C22H17N3O4/c1-2-28-22(27)29-18-11-24-20-19(18)15-10-13(4-6-17(15)25-21(20)26)12-3-5-16-14(9-12)7-8-23-16/h3-11,23-24H,2H2,1H3,(H,25,26). The lowest BCUT2D eigenvalue weighted by atomic mass is 10.0. The van der Waals surface area contributed by atoms with E-state index in [9.17, 15) is 9.59 Å². The molecule has 0 aliphatic heterocycles. The van der Waals surface area contributed by atoms with Gasteiger partial charge in [-0.25, -0.2) is 4.79 Å². The third-order valence-electron chi connectivity index (χ3n) is 4.95. The number of hydrogen-bond acceptors (Lipinski definition) is 4. The van der Waals surface area contributed by atoms with Gasteiger partial charge in [-0.2, -0.15) is 0 Å². The minimum absolute atomic E-state index is 0.203. The second kappa shape index (κ2) is 6.56. The van der Waals surface area contributed by atoms with Gasteiger partial charge in [-0.05, 0) is 53.8 Å². The molecule has 29 heavy (non-hydrogen) atoms. The van der Waals surface area contributed by atoms with Crippen molar-refractivity contribution in [1.29, 1.82) is 0 Å². The molecule has 5 rings (SSSR count). The summed E-state index contributed by atoms with van der Waals surface area (Å²) in [6, 6.07) is 14.0. The summed E-state index contributed by atoms with van der Waals surface area (Å²) in [6.07, 6.45) is 2.59. The van der Waals surface area contributed by atoms with Crippen LogP contribution in [0.2, 0.25) is 0 Å². The van der Waals surface area contributed by atoms with Crippen molar-refractivity contribution in [2.24, 2.45) is 0 Å². The van der Waals surface area contributed by atoms with E-state index in [0.717, 1.165) is 27.4 Å². The Morgan fingerprint density at radius 1 is 1.00 bits per heavy atom. The molecule has 0 saturated carbocycles. The van der Waals surface area contributed by atoms with Gasteiger partial charge in [0, 0.05) is 28.8 Å². The van der Waals surface area contributed by atoms with Crippen molar-refractivity contribution in [2.75, 3.05) is 6.61 Å². The largest absolute Gasteiger partial charge is 0.513 e. The maximum absolute atomic E-state index is 12.4. The number of carbonyl (C=O) groups excluding carboxylic acids is 1. The number of carbonyl (C=O) groups is 1. The van der Waals surface area contributed by atoms with Crippen molar-refractivity contribution in [3.05, 3.63) is 65.2 Å². The third-order valence-corrected chi connectivity index (χ3v) is 4.95. The normalized spacial score (nSPS) is 11.3. The van der Waals surface area contributed by atoms with Crippen LogP contribution in [0.4, 0.5) is 4.79 Å². The first-order valence-corrected chi connectivity index (χ1v) is 9.23. The minimum Gasteiger partial charge on any atom is -0.434 e. The van der Waals surface area contributed by atoms with E-state index in [-0.39, 0.29) is 17.9 Å². The Hall–Kier alpha value is -4.00. The molecule has 144 valence electrons. The number of aromatic amines is 3.